The number of benzene rings is 1. The van der Waals surface area contributed by atoms with E-state index in [2.05, 4.69) is 54.6 Å². The summed E-state index contributed by atoms with van der Waals surface area (Å²) < 4.78 is 7.33. The molecule has 6 heteroatoms. The van der Waals surface area contributed by atoms with Crippen molar-refractivity contribution in [1.29, 1.82) is 0 Å². The number of carbonyl (C=O) groups is 1. The fraction of sp³-hybridized carbons (Fsp3) is 0.562. The molecule has 0 heterocycles. The Morgan fingerprint density at radius 2 is 1.77 bits per heavy atom. The number of hydrogen-bond acceptors (Lipinski definition) is 3. The van der Waals surface area contributed by atoms with Crippen LogP contribution in [0.15, 0.2) is 27.1 Å². The van der Waals surface area contributed by atoms with Crippen LogP contribution in [0.5, 0.6) is 0 Å². The zero-order valence-corrected chi connectivity index (χ0v) is 16.9. The van der Waals surface area contributed by atoms with Gasteiger partial charge in [0.2, 0.25) is 0 Å². The Kier molecular flexibility index (Phi) is 6.89. The molecule has 0 spiro atoms. The first-order valence-corrected chi connectivity index (χ1v) is 8.73. The van der Waals surface area contributed by atoms with Crippen LogP contribution in [0.1, 0.15) is 40.2 Å². The maximum absolute atomic E-state index is 11.8. The molecule has 0 saturated carbocycles. The van der Waals surface area contributed by atoms with E-state index in [1.165, 1.54) is 5.56 Å². The smallest absolute Gasteiger partial charge is 0.408 e. The highest BCUT2D eigenvalue weighted by atomic mass is 79.9. The number of hydrogen-bond donors (Lipinski definition) is 2. The molecule has 0 aromatic heterocycles. The summed E-state index contributed by atoms with van der Waals surface area (Å²) in [4.78, 5) is 11.8. The topological polar surface area (TPSA) is 50.4 Å². The zero-order chi connectivity index (χ0) is 17.0. The van der Waals surface area contributed by atoms with Gasteiger partial charge in [-0.1, -0.05) is 6.07 Å². The standard InChI is InChI=1S/C16H24Br2N2O2/c1-15(2,3)22-14(21)20-16(4,5)10-19-9-11-6-7-12(17)13(18)8-11/h6-8,19H,9-10H2,1-5H3,(H,20,21). The molecule has 0 aliphatic rings. The van der Waals surface area contributed by atoms with Crippen molar-refractivity contribution in [3.8, 4) is 0 Å². The summed E-state index contributed by atoms with van der Waals surface area (Å²) in [6, 6.07) is 6.12. The van der Waals surface area contributed by atoms with Gasteiger partial charge < -0.3 is 15.4 Å². The second-order valence-corrected chi connectivity index (χ2v) is 8.57. The summed E-state index contributed by atoms with van der Waals surface area (Å²) in [6.45, 7) is 10.8. The van der Waals surface area contributed by atoms with Crippen LogP contribution in [0.25, 0.3) is 0 Å². The summed E-state index contributed by atoms with van der Waals surface area (Å²) in [5.41, 5.74) is 0.287. The Bertz CT molecular complexity index is 525. The van der Waals surface area contributed by atoms with Gasteiger partial charge in [0.1, 0.15) is 5.60 Å². The number of carbonyl (C=O) groups excluding carboxylic acids is 1. The fourth-order valence-electron chi connectivity index (χ4n) is 1.79. The molecule has 0 fully saturated rings. The van der Waals surface area contributed by atoms with Crippen molar-refractivity contribution in [3.63, 3.8) is 0 Å². The Morgan fingerprint density at radius 3 is 2.32 bits per heavy atom. The van der Waals surface area contributed by atoms with Crippen molar-refractivity contribution in [2.24, 2.45) is 0 Å². The highest BCUT2D eigenvalue weighted by Crippen LogP contribution is 2.23. The normalized spacial score (nSPS) is 12.1. The third kappa shape index (κ3) is 7.61. The fourth-order valence-corrected chi connectivity index (χ4v) is 2.47. The molecule has 1 amide bonds. The number of rotatable bonds is 5. The zero-order valence-electron chi connectivity index (χ0n) is 13.7. The minimum atomic E-state index is -0.489. The number of nitrogens with one attached hydrogen (secondary N) is 2. The third-order valence-corrected chi connectivity index (χ3v) is 4.60. The Balaban J connectivity index is 2.45. The van der Waals surface area contributed by atoms with Crippen LogP contribution in [0.3, 0.4) is 0 Å². The monoisotopic (exact) mass is 434 g/mol. The van der Waals surface area contributed by atoms with E-state index in [0.29, 0.717) is 6.54 Å². The lowest BCUT2D eigenvalue weighted by molar-refractivity contribution is 0.0472. The third-order valence-electron chi connectivity index (χ3n) is 2.72. The highest BCUT2D eigenvalue weighted by Gasteiger charge is 2.24. The number of amides is 1. The van der Waals surface area contributed by atoms with Crippen LogP contribution >= 0.6 is 31.9 Å². The minimum absolute atomic E-state index is 0.394. The molecule has 0 atom stereocenters. The molecule has 4 nitrogen and oxygen atoms in total. The minimum Gasteiger partial charge on any atom is -0.444 e. The molecule has 124 valence electrons. The van der Waals surface area contributed by atoms with Gasteiger partial charge in [-0.3, -0.25) is 0 Å². The molecule has 0 aliphatic carbocycles. The van der Waals surface area contributed by atoms with Gasteiger partial charge in [0, 0.05) is 22.0 Å². The summed E-state index contributed by atoms with van der Waals surface area (Å²) >= 11 is 6.94. The predicted octanol–water partition coefficient (Wildman–Crippen LogP) is 4.60. The van der Waals surface area contributed by atoms with Crippen molar-refractivity contribution in [1.82, 2.24) is 10.6 Å². The molecule has 1 rings (SSSR count). The summed E-state index contributed by atoms with van der Waals surface area (Å²) in [7, 11) is 0. The summed E-state index contributed by atoms with van der Waals surface area (Å²) in [5.74, 6) is 0. The van der Waals surface area contributed by atoms with Crippen LogP contribution in [0.4, 0.5) is 4.79 Å². The van der Waals surface area contributed by atoms with Gasteiger partial charge in [0.05, 0.1) is 5.54 Å². The van der Waals surface area contributed by atoms with E-state index >= 15 is 0 Å². The molecule has 1 aromatic carbocycles. The Morgan fingerprint density at radius 1 is 1.14 bits per heavy atom. The Labute approximate surface area is 149 Å². The SMILES string of the molecule is CC(C)(CNCc1ccc(Br)c(Br)c1)NC(=O)OC(C)(C)C. The van der Waals surface area contributed by atoms with Crippen molar-refractivity contribution in [2.75, 3.05) is 6.54 Å². The first-order chi connectivity index (χ1) is 9.98. The van der Waals surface area contributed by atoms with Gasteiger partial charge in [-0.25, -0.2) is 4.79 Å². The highest BCUT2D eigenvalue weighted by molar-refractivity contribution is 9.13. The maximum atomic E-state index is 11.8. The van der Waals surface area contributed by atoms with Gasteiger partial charge in [0.25, 0.3) is 0 Å². The van der Waals surface area contributed by atoms with Gasteiger partial charge >= 0.3 is 6.09 Å². The van der Waals surface area contributed by atoms with Gasteiger partial charge in [-0.15, -0.1) is 0 Å². The largest absolute Gasteiger partial charge is 0.444 e. The molecule has 0 radical (unpaired) electrons. The average Bonchev–Trinajstić information content (AvgIpc) is 2.30. The molecule has 22 heavy (non-hydrogen) atoms. The van der Waals surface area contributed by atoms with Gasteiger partial charge in [-0.2, -0.15) is 0 Å². The second-order valence-electron chi connectivity index (χ2n) is 6.86. The van der Waals surface area contributed by atoms with E-state index in [4.69, 9.17) is 4.74 Å². The second kappa shape index (κ2) is 7.79. The van der Waals surface area contributed by atoms with Crippen LogP contribution in [0.2, 0.25) is 0 Å². The lowest BCUT2D eigenvalue weighted by Gasteiger charge is -2.29. The lowest BCUT2D eigenvalue weighted by Crippen LogP contribution is -2.51. The van der Waals surface area contributed by atoms with E-state index in [1.54, 1.807) is 0 Å². The number of alkyl carbamates (subject to hydrolysis) is 1. The van der Waals surface area contributed by atoms with Crippen LogP contribution < -0.4 is 10.6 Å². The Hall–Kier alpha value is -0.590. The summed E-state index contributed by atoms with van der Waals surface area (Å²) in [5, 5.41) is 6.23. The lowest BCUT2D eigenvalue weighted by atomic mass is 10.1. The first-order valence-electron chi connectivity index (χ1n) is 7.14. The van der Waals surface area contributed by atoms with E-state index in [-0.39, 0.29) is 0 Å². The number of ether oxygens (including phenoxy) is 1. The van der Waals surface area contributed by atoms with E-state index < -0.39 is 17.2 Å². The van der Waals surface area contributed by atoms with Crippen molar-refractivity contribution < 1.29 is 9.53 Å². The van der Waals surface area contributed by atoms with E-state index in [9.17, 15) is 4.79 Å². The van der Waals surface area contributed by atoms with Crippen molar-refractivity contribution in [3.05, 3.63) is 32.7 Å². The van der Waals surface area contributed by atoms with Crippen LogP contribution in [-0.4, -0.2) is 23.8 Å². The van der Waals surface area contributed by atoms with Crippen molar-refractivity contribution >= 4 is 38.0 Å². The molecule has 0 saturated heterocycles. The molecule has 0 unspecified atom stereocenters. The maximum Gasteiger partial charge on any atom is 0.408 e. The van der Waals surface area contributed by atoms with Crippen LogP contribution in [-0.2, 0) is 11.3 Å². The number of halogens is 2. The molecular weight excluding hydrogens is 412 g/mol. The molecule has 0 aliphatic heterocycles. The molecule has 2 N–H and O–H groups in total. The van der Waals surface area contributed by atoms with Crippen molar-refractivity contribution in [2.45, 2.75) is 52.3 Å². The summed E-state index contributed by atoms with van der Waals surface area (Å²) in [6.07, 6.45) is -0.398. The van der Waals surface area contributed by atoms with Gasteiger partial charge in [0.15, 0.2) is 0 Å². The van der Waals surface area contributed by atoms with E-state index in [1.807, 2.05) is 40.7 Å². The average molecular weight is 436 g/mol. The predicted molar refractivity (Wildman–Crippen MR) is 97.0 cm³/mol. The molecule has 1 aromatic rings. The quantitative estimate of drug-likeness (QED) is 0.710. The molecular formula is C16H24Br2N2O2. The molecule has 0 bridgehead atoms. The van der Waals surface area contributed by atoms with Gasteiger partial charge in [-0.05, 0) is 84.2 Å². The van der Waals surface area contributed by atoms with E-state index in [0.717, 1.165) is 15.5 Å². The van der Waals surface area contributed by atoms with Crippen LogP contribution in [0, 0.1) is 0 Å². The first kappa shape index (κ1) is 19.5.